The number of hydrogen-bond donors (Lipinski definition) is 1. The summed E-state index contributed by atoms with van der Waals surface area (Å²) in [6, 6.07) is 0. The zero-order valence-corrected chi connectivity index (χ0v) is 12.1. The van der Waals surface area contributed by atoms with Gasteiger partial charge in [-0.1, -0.05) is 13.8 Å². The first-order valence-corrected chi connectivity index (χ1v) is 6.58. The molecule has 0 amide bonds. The average Bonchev–Trinajstić information content (AvgIpc) is 2.11. The molecular weight excluding hydrogens is 214 g/mol. The number of hydrogen-bond acceptors (Lipinski definition) is 3. The maximum Gasteiger partial charge on any atom is 0.136 e. The fourth-order valence-corrected chi connectivity index (χ4v) is 3.07. The lowest BCUT2D eigenvalue weighted by Crippen LogP contribution is -2.59. The van der Waals surface area contributed by atoms with Crippen molar-refractivity contribution in [2.24, 2.45) is 11.8 Å². The molecule has 0 aliphatic carbocycles. The number of Topliss-reactive ketones (excluding diaryl/α,β-unsaturated/α-hetero) is 1. The van der Waals surface area contributed by atoms with E-state index in [0.29, 0.717) is 18.1 Å². The number of hydroxylamine groups is 2. The molecule has 0 aromatic rings. The second-order valence-corrected chi connectivity index (χ2v) is 7.11. The Kier molecular flexibility index (Phi) is 4.04. The van der Waals surface area contributed by atoms with Gasteiger partial charge in [0, 0.05) is 23.4 Å². The van der Waals surface area contributed by atoms with E-state index in [0.717, 1.165) is 12.8 Å². The summed E-state index contributed by atoms with van der Waals surface area (Å²) in [7, 11) is 0. The maximum absolute atomic E-state index is 12.2. The van der Waals surface area contributed by atoms with Gasteiger partial charge in [-0.15, -0.1) is 0 Å². The lowest BCUT2D eigenvalue weighted by Gasteiger charge is -2.51. The van der Waals surface area contributed by atoms with Crippen LogP contribution in [0.4, 0.5) is 0 Å². The molecule has 1 rings (SSSR count). The molecule has 1 saturated heterocycles. The predicted molar refractivity (Wildman–Crippen MR) is 69.0 cm³/mol. The van der Waals surface area contributed by atoms with E-state index in [-0.39, 0.29) is 17.0 Å². The van der Waals surface area contributed by atoms with Gasteiger partial charge in [0.2, 0.25) is 0 Å². The zero-order valence-electron chi connectivity index (χ0n) is 12.1. The first-order valence-electron chi connectivity index (χ1n) is 6.58. The molecule has 1 aliphatic heterocycles. The van der Waals surface area contributed by atoms with Gasteiger partial charge in [-0.2, -0.15) is 5.06 Å². The Morgan fingerprint density at radius 1 is 1.24 bits per heavy atom. The van der Waals surface area contributed by atoms with Crippen molar-refractivity contribution in [2.45, 2.75) is 71.9 Å². The van der Waals surface area contributed by atoms with Crippen molar-refractivity contribution < 1.29 is 10.0 Å². The first kappa shape index (κ1) is 14.7. The van der Waals surface area contributed by atoms with Gasteiger partial charge in [-0.25, -0.2) is 0 Å². The maximum atomic E-state index is 12.2. The van der Waals surface area contributed by atoms with Crippen LogP contribution in [0.5, 0.6) is 0 Å². The van der Waals surface area contributed by atoms with Crippen LogP contribution in [-0.2, 0) is 4.79 Å². The molecule has 0 spiro atoms. The number of nitrogens with zero attached hydrogens (tertiary/aromatic N) is 1. The van der Waals surface area contributed by atoms with Crippen LogP contribution in [-0.4, -0.2) is 27.1 Å². The lowest BCUT2D eigenvalue weighted by atomic mass is 9.73. The summed E-state index contributed by atoms with van der Waals surface area (Å²) in [6.45, 7) is 12.2. The Morgan fingerprint density at radius 3 is 2.00 bits per heavy atom. The highest BCUT2D eigenvalue weighted by Crippen LogP contribution is 2.40. The van der Waals surface area contributed by atoms with Crippen LogP contribution in [0.25, 0.3) is 0 Å². The molecule has 1 N–H and O–H groups in total. The van der Waals surface area contributed by atoms with Gasteiger partial charge in [0.15, 0.2) is 0 Å². The SMILES string of the molecule is CC(C)CC(=O)C1CC(C)(C)N(O)C(C)(C)C1. The highest BCUT2D eigenvalue weighted by molar-refractivity contribution is 5.81. The minimum absolute atomic E-state index is 0.0887. The van der Waals surface area contributed by atoms with Crippen molar-refractivity contribution in [1.29, 1.82) is 0 Å². The molecule has 1 aliphatic rings. The van der Waals surface area contributed by atoms with Crippen molar-refractivity contribution in [3.8, 4) is 0 Å². The van der Waals surface area contributed by atoms with Crippen LogP contribution in [0.3, 0.4) is 0 Å². The smallest absolute Gasteiger partial charge is 0.136 e. The molecule has 1 heterocycles. The predicted octanol–water partition coefficient (Wildman–Crippen LogP) is 3.26. The molecule has 3 nitrogen and oxygen atoms in total. The summed E-state index contributed by atoms with van der Waals surface area (Å²) in [6.07, 6.45) is 2.15. The fourth-order valence-electron chi connectivity index (χ4n) is 3.07. The number of ketones is 1. The summed E-state index contributed by atoms with van der Waals surface area (Å²) >= 11 is 0. The van der Waals surface area contributed by atoms with Crippen LogP contribution in [0.2, 0.25) is 0 Å². The fraction of sp³-hybridized carbons (Fsp3) is 0.929. The molecule has 1 fully saturated rings. The highest BCUT2D eigenvalue weighted by Gasteiger charge is 2.46. The number of carbonyl (C=O) groups is 1. The molecule has 100 valence electrons. The average molecular weight is 241 g/mol. The summed E-state index contributed by atoms with van der Waals surface area (Å²) in [5.74, 6) is 0.862. The van der Waals surface area contributed by atoms with E-state index in [4.69, 9.17) is 0 Å². The van der Waals surface area contributed by atoms with Gasteiger partial charge in [-0.05, 0) is 46.5 Å². The normalized spacial score (nSPS) is 25.2. The van der Waals surface area contributed by atoms with Crippen LogP contribution in [0.1, 0.15) is 60.8 Å². The topological polar surface area (TPSA) is 40.5 Å². The Morgan fingerprint density at radius 2 is 1.65 bits per heavy atom. The molecule has 0 atom stereocenters. The second-order valence-electron chi connectivity index (χ2n) is 7.11. The van der Waals surface area contributed by atoms with Crippen LogP contribution < -0.4 is 0 Å². The Labute approximate surface area is 105 Å². The minimum Gasteiger partial charge on any atom is -0.313 e. The second kappa shape index (κ2) is 4.69. The molecule has 0 aromatic carbocycles. The monoisotopic (exact) mass is 241 g/mol. The van der Waals surface area contributed by atoms with Gasteiger partial charge >= 0.3 is 0 Å². The number of carbonyl (C=O) groups excluding carboxylic acids is 1. The lowest BCUT2D eigenvalue weighted by molar-refractivity contribution is -0.249. The molecular formula is C14H27NO2. The van der Waals surface area contributed by atoms with Crippen molar-refractivity contribution in [1.82, 2.24) is 5.06 Å². The van der Waals surface area contributed by atoms with E-state index in [1.165, 1.54) is 5.06 Å². The van der Waals surface area contributed by atoms with E-state index in [9.17, 15) is 10.0 Å². The largest absolute Gasteiger partial charge is 0.313 e. The van der Waals surface area contributed by atoms with Crippen molar-refractivity contribution >= 4 is 5.78 Å². The van der Waals surface area contributed by atoms with Crippen LogP contribution in [0.15, 0.2) is 0 Å². The number of piperidine rings is 1. The molecule has 0 bridgehead atoms. The molecule has 0 aromatic heterocycles. The van der Waals surface area contributed by atoms with Crippen molar-refractivity contribution in [2.75, 3.05) is 0 Å². The van der Waals surface area contributed by atoms with Gasteiger partial charge in [0.05, 0.1) is 0 Å². The zero-order chi connectivity index (χ0) is 13.4. The third-order valence-corrected chi connectivity index (χ3v) is 3.70. The summed E-state index contributed by atoms with van der Waals surface area (Å²) in [5.41, 5.74) is -0.641. The third-order valence-electron chi connectivity index (χ3n) is 3.70. The van der Waals surface area contributed by atoms with Gasteiger partial charge in [-0.3, -0.25) is 4.79 Å². The molecule has 0 unspecified atom stereocenters. The molecule has 0 saturated carbocycles. The van der Waals surface area contributed by atoms with E-state index < -0.39 is 0 Å². The van der Waals surface area contributed by atoms with E-state index in [2.05, 4.69) is 13.8 Å². The van der Waals surface area contributed by atoms with E-state index >= 15 is 0 Å². The Hall–Kier alpha value is -0.410. The minimum atomic E-state index is -0.320. The van der Waals surface area contributed by atoms with E-state index in [1.807, 2.05) is 27.7 Å². The van der Waals surface area contributed by atoms with Gasteiger partial charge in [0.25, 0.3) is 0 Å². The van der Waals surface area contributed by atoms with Gasteiger partial charge in [0.1, 0.15) is 5.78 Å². The number of rotatable bonds is 3. The third kappa shape index (κ3) is 3.29. The summed E-state index contributed by atoms with van der Waals surface area (Å²) in [5, 5.41) is 11.6. The Balaban J connectivity index is 2.81. The Bertz CT molecular complexity index is 277. The molecule has 0 radical (unpaired) electrons. The standard InChI is InChI=1S/C14H27NO2/c1-10(2)7-12(16)11-8-13(3,4)15(17)14(5,6)9-11/h10-11,17H,7-9H2,1-6H3. The van der Waals surface area contributed by atoms with Gasteiger partial charge < -0.3 is 5.21 Å². The quantitative estimate of drug-likeness (QED) is 0.824. The summed E-state index contributed by atoms with van der Waals surface area (Å²) < 4.78 is 0. The van der Waals surface area contributed by atoms with Crippen molar-refractivity contribution in [3.05, 3.63) is 0 Å². The van der Waals surface area contributed by atoms with Crippen molar-refractivity contribution in [3.63, 3.8) is 0 Å². The summed E-state index contributed by atoms with van der Waals surface area (Å²) in [4.78, 5) is 12.2. The van der Waals surface area contributed by atoms with Crippen LogP contribution in [0, 0.1) is 11.8 Å². The molecule has 3 heteroatoms. The molecule has 17 heavy (non-hydrogen) atoms. The van der Waals surface area contributed by atoms with Crippen LogP contribution >= 0.6 is 0 Å². The highest BCUT2D eigenvalue weighted by atomic mass is 16.5. The first-order chi connectivity index (χ1) is 7.56. The van der Waals surface area contributed by atoms with E-state index in [1.54, 1.807) is 0 Å².